The lowest BCUT2D eigenvalue weighted by Gasteiger charge is -2.56. The third-order valence-corrected chi connectivity index (χ3v) is 6.42. The highest BCUT2D eigenvalue weighted by molar-refractivity contribution is 5.91. The molecule has 4 fully saturated rings. The number of nitrogens with one attached hydrogen (secondary N) is 3. The van der Waals surface area contributed by atoms with Crippen molar-refractivity contribution in [1.29, 1.82) is 0 Å². The Balaban J connectivity index is 1.16. The van der Waals surface area contributed by atoms with Crippen LogP contribution >= 0.6 is 0 Å². The van der Waals surface area contributed by atoms with E-state index in [2.05, 4.69) is 16.2 Å². The van der Waals surface area contributed by atoms with Crippen LogP contribution in [0.15, 0.2) is 22.8 Å². The molecule has 4 aliphatic carbocycles. The summed E-state index contributed by atoms with van der Waals surface area (Å²) in [5, 5.41) is 2.60. The minimum Gasteiger partial charge on any atom is -0.459 e. The molecule has 0 radical (unpaired) electrons. The van der Waals surface area contributed by atoms with E-state index in [-0.39, 0.29) is 41.9 Å². The molecular weight excluding hydrogens is 346 g/mol. The molecule has 27 heavy (non-hydrogen) atoms. The molecule has 1 aromatic rings. The summed E-state index contributed by atoms with van der Waals surface area (Å²) in [6, 6.07) is 3.18. The molecule has 1 aromatic heterocycles. The minimum absolute atomic E-state index is 0.0874. The van der Waals surface area contributed by atoms with Crippen molar-refractivity contribution in [1.82, 2.24) is 16.2 Å². The van der Waals surface area contributed by atoms with Crippen molar-refractivity contribution >= 4 is 17.7 Å². The summed E-state index contributed by atoms with van der Waals surface area (Å²) in [6.45, 7) is 0.177. The molecule has 0 spiro atoms. The quantitative estimate of drug-likeness (QED) is 0.665. The van der Waals surface area contributed by atoms with Crippen LogP contribution in [0.2, 0.25) is 0 Å². The number of hydrogen-bond acceptors (Lipinski definition) is 4. The number of amides is 3. The van der Waals surface area contributed by atoms with Crippen molar-refractivity contribution in [2.24, 2.45) is 23.2 Å². The van der Waals surface area contributed by atoms with E-state index in [0.717, 1.165) is 17.8 Å². The first kappa shape index (κ1) is 18.1. The van der Waals surface area contributed by atoms with E-state index in [4.69, 9.17) is 4.42 Å². The molecule has 3 amide bonds. The number of carbonyl (C=O) groups is 3. The fraction of sp³-hybridized carbons (Fsp3) is 0.650. The summed E-state index contributed by atoms with van der Waals surface area (Å²) in [6.07, 6.45) is 9.55. The standard InChI is InChI=1S/C20H27N3O4/c24-17(3-4-21-19(26)16-2-1-5-27-16)22-23-18(25)12-20-9-13-6-14(10-20)8-15(7-13)11-20/h1-2,5,13-15H,3-4,6-12H2,(H,21,26)(H,22,24)(H,23,25). The van der Waals surface area contributed by atoms with E-state index < -0.39 is 0 Å². The first-order valence-corrected chi connectivity index (χ1v) is 9.91. The zero-order valence-electron chi connectivity index (χ0n) is 15.5. The van der Waals surface area contributed by atoms with Gasteiger partial charge in [-0.05, 0) is 73.8 Å². The van der Waals surface area contributed by atoms with E-state index in [0.29, 0.717) is 6.42 Å². The molecule has 1 heterocycles. The smallest absolute Gasteiger partial charge is 0.286 e. The minimum atomic E-state index is -0.362. The fourth-order valence-electron chi connectivity index (χ4n) is 5.88. The Kier molecular flexibility index (Phi) is 4.93. The highest BCUT2D eigenvalue weighted by atomic mass is 16.3. The lowest BCUT2D eigenvalue weighted by molar-refractivity contribution is -0.134. The molecule has 4 aliphatic rings. The number of rotatable bonds is 6. The summed E-state index contributed by atoms with van der Waals surface area (Å²) >= 11 is 0. The fourth-order valence-corrected chi connectivity index (χ4v) is 5.88. The van der Waals surface area contributed by atoms with Gasteiger partial charge in [-0.3, -0.25) is 25.2 Å². The van der Waals surface area contributed by atoms with Gasteiger partial charge in [-0.15, -0.1) is 0 Å². The van der Waals surface area contributed by atoms with Crippen LogP contribution in [0.5, 0.6) is 0 Å². The Morgan fingerprint density at radius 3 is 2.22 bits per heavy atom. The second-order valence-electron chi connectivity index (χ2n) is 8.67. The highest BCUT2D eigenvalue weighted by Gasteiger charge is 2.51. The van der Waals surface area contributed by atoms with E-state index in [9.17, 15) is 14.4 Å². The van der Waals surface area contributed by atoms with Gasteiger partial charge in [-0.1, -0.05) is 0 Å². The average molecular weight is 373 g/mol. The van der Waals surface area contributed by atoms with Crippen LogP contribution in [0.4, 0.5) is 0 Å². The SMILES string of the molecule is O=C(CCNC(=O)c1ccco1)NNC(=O)CC12CC3CC(CC(C3)C1)C2. The predicted octanol–water partition coefficient (Wildman–Crippen LogP) is 2.15. The maximum Gasteiger partial charge on any atom is 0.286 e. The molecule has 0 atom stereocenters. The van der Waals surface area contributed by atoms with Crippen LogP contribution in [0.3, 0.4) is 0 Å². The molecule has 7 heteroatoms. The summed E-state index contributed by atoms with van der Waals surface area (Å²) in [5.41, 5.74) is 5.17. The lowest BCUT2D eigenvalue weighted by atomic mass is 9.49. The van der Waals surface area contributed by atoms with Crippen molar-refractivity contribution in [2.45, 2.75) is 51.4 Å². The molecule has 5 rings (SSSR count). The third kappa shape index (κ3) is 4.17. The largest absolute Gasteiger partial charge is 0.459 e. The number of hydrazine groups is 1. The van der Waals surface area contributed by atoms with E-state index in [1.54, 1.807) is 12.1 Å². The third-order valence-electron chi connectivity index (χ3n) is 6.42. The summed E-state index contributed by atoms with van der Waals surface area (Å²) in [7, 11) is 0. The van der Waals surface area contributed by atoms with Gasteiger partial charge in [0.25, 0.3) is 5.91 Å². The van der Waals surface area contributed by atoms with Gasteiger partial charge in [0.15, 0.2) is 5.76 Å². The summed E-state index contributed by atoms with van der Waals surface area (Å²) < 4.78 is 4.98. The zero-order chi connectivity index (χ0) is 18.9. The normalized spacial score (nSPS) is 30.7. The van der Waals surface area contributed by atoms with Gasteiger partial charge >= 0.3 is 0 Å². The monoisotopic (exact) mass is 373 g/mol. The topological polar surface area (TPSA) is 100 Å². The zero-order valence-corrected chi connectivity index (χ0v) is 15.5. The van der Waals surface area contributed by atoms with Gasteiger partial charge in [-0.25, -0.2) is 0 Å². The molecule has 0 unspecified atom stereocenters. The first-order chi connectivity index (χ1) is 13.0. The molecule has 3 N–H and O–H groups in total. The Hall–Kier alpha value is -2.31. The number of furan rings is 1. The van der Waals surface area contributed by atoms with Gasteiger partial charge < -0.3 is 9.73 Å². The Morgan fingerprint density at radius 1 is 1.00 bits per heavy atom. The first-order valence-electron chi connectivity index (χ1n) is 9.91. The molecule has 7 nitrogen and oxygen atoms in total. The van der Waals surface area contributed by atoms with Gasteiger partial charge in [0.2, 0.25) is 11.8 Å². The van der Waals surface area contributed by atoms with Crippen LogP contribution in [-0.4, -0.2) is 24.3 Å². The average Bonchev–Trinajstić information content (AvgIpc) is 3.13. The lowest BCUT2D eigenvalue weighted by Crippen LogP contribution is -2.50. The van der Waals surface area contributed by atoms with E-state index >= 15 is 0 Å². The van der Waals surface area contributed by atoms with Crippen LogP contribution in [0, 0.1) is 23.2 Å². The van der Waals surface area contributed by atoms with Crippen LogP contribution in [0.25, 0.3) is 0 Å². The van der Waals surface area contributed by atoms with Crippen molar-refractivity contribution in [3.05, 3.63) is 24.2 Å². The molecule has 4 bridgehead atoms. The van der Waals surface area contributed by atoms with Crippen molar-refractivity contribution in [3.63, 3.8) is 0 Å². The molecule has 0 aliphatic heterocycles. The highest BCUT2D eigenvalue weighted by Crippen LogP contribution is 2.61. The molecule has 4 saturated carbocycles. The maximum atomic E-state index is 12.4. The van der Waals surface area contributed by atoms with Crippen LogP contribution in [0.1, 0.15) is 61.9 Å². The van der Waals surface area contributed by atoms with Gasteiger partial charge in [-0.2, -0.15) is 0 Å². The van der Waals surface area contributed by atoms with Crippen LogP contribution in [-0.2, 0) is 9.59 Å². The predicted molar refractivity (Wildman–Crippen MR) is 97.2 cm³/mol. The van der Waals surface area contributed by atoms with Crippen molar-refractivity contribution in [3.8, 4) is 0 Å². The van der Waals surface area contributed by atoms with Crippen molar-refractivity contribution < 1.29 is 18.8 Å². The molecule has 0 aromatic carbocycles. The Bertz CT molecular complexity index is 678. The summed E-state index contributed by atoms with van der Waals surface area (Å²) in [4.78, 5) is 35.9. The number of carbonyl (C=O) groups excluding carboxylic acids is 3. The van der Waals surface area contributed by atoms with E-state index in [1.807, 2.05) is 0 Å². The molecular formula is C20H27N3O4. The Labute approximate surface area is 158 Å². The van der Waals surface area contributed by atoms with Gasteiger partial charge in [0.05, 0.1) is 6.26 Å². The van der Waals surface area contributed by atoms with Crippen molar-refractivity contribution in [2.75, 3.05) is 6.54 Å². The maximum absolute atomic E-state index is 12.4. The van der Waals surface area contributed by atoms with E-state index in [1.165, 1.54) is 44.8 Å². The summed E-state index contributed by atoms with van der Waals surface area (Å²) in [5.74, 6) is 1.82. The molecule has 0 saturated heterocycles. The number of hydrogen-bond donors (Lipinski definition) is 3. The van der Waals surface area contributed by atoms with Gasteiger partial charge in [0.1, 0.15) is 0 Å². The Morgan fingerprint density at radius 2 is 1.63 bits per heavy atom. The van der Waals surface area contributed by atoms with Crippen LogP contribution < -0.4 is 16.2 Å². The second kappa shape index (κ2) is 7.37. The molecule has 146 valence electrons. The van der Waals surface area contributed by atoms with Gasteiger partial charge in [0, 0.05) is 19.4 Å². The second-order valence-corrected chi connectivity index (χ2v) is 8.67.